The molecule has 0 atom stereocenters. The highest BCUT2D eigenvalue weighted by Crippen LogP contribution is 2.29. The lowest BCUT2D eigenvalue weighted by molar-refractivity contribution is 0.453. The Morgan fingerprint density at radius 2 is 1.75 bits per heavy atom. The smallest absolute Gasteiger partial charge is 0.246 e. The lowest BCUT2D eigenvalue weighted by atomic mass is 10.1. The zero-order valence-electron chi connectivity index (χ0n) is 13.5. The fourth-order valence-electron chi connectivity index (χ4n) is 2.74. The molecule has 4 nitrogen and oxygen atoms in total. The van der Waals surface area contributed by atoms with E-state index in [1.807, 2.05) is 31.2 Å². The molecule has 0 aliphatic heterocycles. The van der Waals surface area contributed by atoms with Gasteiger partial charge in [-0.05, 0) is 18.2 Å². The van der Waals surface area contributed by atoms with Crippen LogP contribution in [0.4, 0.5) is 4.39 Å². The van der Waals surface area contributed by atoms with E-state index in [4.69, 9.17) is 4.42 Å². The minimum absolute atomic E-state index is 0.122. The van der Waals surface area contributed by atoms with Gasteiger partial charge in [0.05, 0.1) is 0 Å². The van der Waals surface area contributed by atoms with Gasteiger partial charge in [-0.15, -0.1) is 0 Å². The molecule has 2 aromatic carbocycles. The van der Waals surface area contributed by atoms with Crippen LogP contribution in [-0.4, -0.2) is 19.8 Å². The predicted molar refractivity (Wildman–Crippen MR) is 90.6 cm³/mol. The molecule has 0 fully saturated rings. The molecule has 0 bridgehead atoms. The van der Waals surface area contributed by atoms with Crippen molar-refractivity contribution in [2.45, 2.75) is 24.8 Å². The molecule has 0 amide bonds. The van der Waals surface area contributed by atoms with Crippen LogP contribution in [-0.2, 0) is 23.0 Å². The highest BCUT2D eigenvalue weighted by Gasteiger charge is 2.26. The van der Waals surface area contributed by atoms with Gasteiger partial charge in [0.25, 0.3) is 0 Å². The number of hydrogen-bond donors (Lipinski definition) is 0. The molecule has 0 aliphatic rings. The van der Waals surface area contributed by atoms with Crippen molar-refractivity contribution in [2.24, 2.45) is 0 Å². The van der Waals surface area contributed by atoms with Gasteiger partial charge in [0.2, 0.25) is 10.0 Å². The summed E-state index contributed by atoms with van der Waals surface area (Å²) in [5.74, 6) is -0.0103. The molecule has 1 heterocycles. The number of hydrogen-bond acceptors (Lipinski definition) is 3. The summed E-state index contributed by atoms with van der Waals surface area (Å²) in [7, 11) is -2.48. The van der Waals surface area contributed by atoms with E-state index in [-0.39, 0.29) is 11.4 Å². The van der Waals surface area contributed by atoms with Crippen molar-refractivity contribution in [2.75, 3.05) is 7.05 Å². The van der Waals surface area contributed by atoms with Gasteiger partial charge in [-0.25, -0.2) is 12.8 Å². The van der Waals surface area contributed by atoms with E-state index in [0.717, 1.165) is 32.7 Å². The van der Waals surface area contributed by atoms with Crippen LogP contribution in [0.5, 0.6) is 0 Å². The van der Waals surface area contributed by atoms with Crippen LogP contribution in [0.1, 0.15) is 18.2 Å². The number of fused-ring (bicyclic) bond motifs is 1. The average molecular weight is 347 g/mol. The first-order valence-electron chi connectivity index (χ1n) is 7.65. The number of furan rings is 1. The second-order valence-electron chi connectivity index (χ2n) is 5.55. The lowest BCUT2D eigenvalue weighted by Crippen LogP contribution is -2.27. The molecule has 6 heteroatoms. The molecule has 24 heavy (non-hydrogen) atoms. The summed E-state index contributed by atoms with van der Waals surface area (Å²) in [6.07, 6.45) is 0.650. The third-order valence-corrected chi connectivity index (χ3v) is 5.85. The number of benzene rings is 2. The first-order valence-corrected chi connectivity index (χ1v) is 9.09. The SMILES string of the molecule is CCc1oc2ccccc2c1CN(C)S(=O)(=O)c1ccccc1F. The Labute approximate surface area is 140 Å². The van der Waals surface area contributed by atoms with Crippen LogP contribution in [0.3, 0.4) is 0 Å². The maximum atomic E-state index is 13.9. The number of halogens is 1. The van der Waals surface area contributed by atoms with Crippen molar-refractivity contribution in [3.05, 3.63) is 65.7 Å². The number of nitrogens with zero attached hydrogens (tertiary/aromatic N) is 1. The van der Waals surface area contributed by atoms with Crippen molar-refractivity contribution < 1.29 is 17.2 Å². The number of sulfonamides is 1. The van der Waals surface area contributed by atoms with E-state index in [2.05, 4.69) is 0 Å². The summed E-state index contributed by atoms with van der Waals surface area (Å²) in [6, 6.07) is 12.9. The molecule has 0 radical (unpaired) electrons. The molecule has 0 spiro atoms. The predicted octanol–water partition coefficient (Wildman–Crippen LogP) is 3.96. The monoisotopic (exact) mass is 347 g/mol. The lowest BCUT2D eigenvalue weighted by Gasteiger charge is -2.17. The molecular weight excluding hydrogens is 329 g/mol. The highest BCUT2D eigenvalue weighted by atomic mass is 32.2. The Bertz CT molecular complexity index is 979. The van der Waals surface area contributed by atoms with Crippen molar-refractivity contribution in [3.8, 4) is 0 Å². The highest BCUT2D eigenvalue weighted by molar-refractivity contribution is 7.89. The summed E-state index contributed by atoms with van der Waals surface area (Å²) in [5, 5.41) is 0.880. The Hall–Kier alpha value is -2.18. The molecule has 0 N–H and O–H groups in total. The fourth-order valence-corrected chi connectivity index (χ4v) is 3.94. The van der Waals surface area contributed by atoms with E-state index in [1.165, 1.54) is 25.2 Å². The maximum absolute atomic E-state index is 13.9. The van der Waals surface area contributed by atoms with Gasteiger partial charge in [0.1, 0.15) is 22.1 Å². The van der Waals surface area contributed by atoms with E-state index in [1.54, 1.807) is 0 Å². The Balaban J connectivity index is 2.01. The molecule has 0 saturated heterocycles. The Morgan fingerprint density at radius 1 is 1.08 bits per heavy atom. The average Bonchev–Trinajstić information content (AvgIpc) is 2.93. The summed E-state index contributed by atoms with van der Waals surface area (Å²) >= 11 is 0. The first-order chi connectivity index (χ1) is 11.4. The van der Waals surface area contributed by atoms with E-state index < -0.39 is 15.8 Å². The van der Waals surface area contributed by atoms with Gasteiger partial charge in [0, 0.05) is 31.0 Å². The quantitative estimate of drug-likeness (QED) is 0.702. The zero-order valence-corrected chi connectivity index (χ0v) is 14.3. The standard InChI is InChI=1S/C18H18FNO3S/c1-3-16-14(13-8-4-6-10-17(13)23-16)12-20(2)24(21,22)18-11-7-5-9-15(18)19/h4-11H,3,12H2,1-2H3. The summed E-state index contributed by atoms with van der Waals surface area (Å²) in [4.78, 5) is -0.321. The van der Waals surface area contributed by atoms with Gasteiger partial charge in [-0.3, -0.25) is 0 Å². The topological polar surface area (TPSA) is 50.5 Å². The molecule has 1 aromatic heterocycles. The second kappa shape index (κ2) is 6.37. The van der Waals surface area contributed by atoms with Crippen LogP contribution in [0.2, 0.25) is 0 Å². The summed E-state index contributed by atoms with van der Waals surface area (Å²) in [6.45, 7) is 2.07. The normalized spacial score (nSPS) is 12.2. The zero-order chi connectivity index (χ0) is 17.3. The van der Waals surface area contributed by atoms with E-state index in [0.29, 0.717) is 6.42 Å². The van der Waals surface area contributed by atoms with Crippen molar-refractivity contribution in [1.82, 2.24) is 4.31 Å². The molecule has 0 aliphatic carbocycles. The third kappa shape index (κ3) is 2.83. The van der Waals surface area contributed by atoms with E-state index in [9.17, 15) is 12.8 Å². The Kier molecular flexibility index (Phi) is 4.43. The summed E-state index contributed by atoms with van der Waals surface area (Å²) < 4.78 is 46.2. The fraction of sp³-hybridized carbons (Fsp3) is 0.222. The molecule has 0 unspecified atom stereocenters. The largest absolute Gasteiger partial charge is 0.461 e. The third-order valence-electron chi connectivity index (χ3n) is 4.01. The minimum Gasteiger partial charge on any atom is -0.461 e. The van der Waals surface area contributed by atoms with Gasteiger partial charge in [-0.2, -0.15) is 4.31 Å². The molecule has 3 rings (SSSR count). The minimum atomic E-state index is -3.92. The van der Waals surface area contributed by atoms with E-state index >= 15 is 0 Å². The molecular formula is C18H18FNO3S. The Morgan fingerprint density at radius 3 is 2.46 bits per heavy atom. The van der Waals surface area contributed by atoms with Crippen LogP contribution < -0.4 is 0 Å². The van der Waals surface area contributed by atoms with Crippen molar-refractivity contribution in [1.29, 1.82) is 0 Å². The van der Waals surface area contributed by atoms with Gasteiger partial charge >= 0.3 is 0 Å². The van der Waals surface area contributed by atoms with Gasteiger partial charge in [-0.1, -0.05) is 37.3 Å². The van der Waals surface area contributed by atoms with Crippen molar-refractivity contribution >= 4 is 21.0 Å². The van der Waals surface area contributed by atoms with Crippen LogP contribution in [0.25, 0.3) is 11.0 Å². The summed E-state index contributed by atoms with van der Waals surface area (Å²) in [5.41, 5.74) is 1.54. The molecule has 126 valence electrons. The van der Waals surface area contributed by atoms with Crippen molar-refractivity contribution in [3.63, 3.8) is 0 Å². The van der Waals surface area contributed by atoms with Gasteiger partial charge in [0.15, 0.2) is 0 Å². The first kappa shape index (κ1) is 16.7. The molecule has 0 saturated carbocycles. The maximum Gasteiger partial charge on any atom is 0.246 e. The van der Waals surface area contributed by atoms with Crippen LogP contribution >= 0.6 is 0 Å². The molecule has 3 aromatic rings. The second-order valence-corrected chi connectivity index (χ2v) is 7.56. The number of para-hydroxylation sites is 1. The van der Waals surface area contributed by atoms with Gasteiger partial charge < -0.3 is 4.42 Å². The van der Waals surface area contributed by atoms with Crippen LogP contribution in [0, 0.1) is 5.82 Å². The van der Waals surface area contributed by atoms with Crippen LogP contribution in [0.15, 0.2) is 57.8 Å². The number of aryl methyl sites for hydroxylation is 1. The number of rotatable bonds is 5.